The van der Waals surface area contributed by atoms with Crippen molar-refractivity contribution in [3.05, 3.63) is 76.3 Å². The van der Waals surface area contributed by atoms with Crippen LogP contribution in [0, 0.1) is 22.5 Å². The fraction of sp³-hybridized carbons (Fsp3) is 0.527. The molecule has 2 bridgehead atoms. The standard InChI is InChI=1S/C55H63F2N11O5/c1-3-38-41(56)8-4-32-22-37(69)24-39(46(32)38)48-47(57)49-40(27-58-48)50(67-28-33-5-6-34(29-67)59-33)62-52(61-49)73-31-55(12-13-55)30-64-16-14-54(15-17-64)25-36(26-54)66-20-18-65(19-21-66)35-7-9-42-44(23-35)63(2)53(72)68(42)43-10-11-45(70)60-51(43)71/h4,7-9,22-24,27,33-34,36,43,59,69H,3,5-6,10-21,25-26,28-31H2,1-2H3,(H,60,70,71). The highest BCUT2D eigenvalue weighted by Crippen LogP contribution is 2.53. The molecule has 16 nitrogen and oxygen atoms in total. The number of aryl methyl sites for hydroxylation is 2. The molecule has 18 heteroatoms. The van der Waals surface area contributed by atoms with Crippen LogP contribution in [0.1, 0.15) is 82.7 Å². The van der Waals surface area contributed by atoms with Gasteiger partial charge in [-0.15, -0.1) is 0 Å². The van der Waals surface area contributed by atoms with Crippen molar-refractivity contribution in [2.24, 2.45) is 17.9 Å². The number of anilines is 2. The summed E-state index contributed by atoms with van der Waals surface area (Å²) >= 11 is 0. The molecule has 0 radical (unpaired) electrons. The summed E-state index contributed by atoms with van der Waals surface area (Å²) < 4.78 is 42.1. The number of pyridine rings is 1. The Balaban J connectivity index is 0.652. The van der Waals surface area contributed by atoms with E-state index < -0.39 is 17.8 Å². The lowest BCUT2D eigenvalue weighted by molar-refractivity contribution is -0.135. The number of nitrogens with zero attached hydrogens (tertiary/aromatic N) is 9. The highest BCUT2D eigenvalue weighted by molar-refractivity contribution is 6.02. The van der Waals surface area contributed by atoms with Gasteiger partial charge in [-0.3, -0.25) is 33.9 Å². The van der Waals surface area contributed by atoms with E-state index >= 15 is 8.78 Å². The van der Waals surface area contributed by atoms with Crippen molar-refractivity contribution in [2.75, 3.05) is 75.3 Å². The van der Waals surface area contributed by atoms with E-state index in [4.69, 9.17) is 14.7 Å². The zero-order chi connectivity index (χ0) is 49.9. The third kappa shape index (κ3) is 8.18. The lowest BCUT2D eigenvalue weighted by Gasteiger charge is -2.56. The number of hydrogen-bond acceptors (Lipinski definition) is 13. The van der Waals surface area contributed by atoms with Crippen LogP contribution in [0.3, 0.4) is 0 Å². The Morgan fingerprint density at radius 3 is 2.36 bits per heavy atom. The van der Waals surface area contributed by atoms with E-state index in [2.05, 4.69) is 47.3 Å². The number of amides is 2. The van der Waals surface area contributed by atoms with Crippen molar-refractivity contribution in [1.29, 1.82) is 0 Å². The van der Waals surface area contributed by atoms with Crippen molar-refractivity contribution in [3.8, 4) is 23.0 Å². The molecule has 3 aromatic heterocycles. The van der Waals surface area contributed by atoms with E-state index in [1.54, 1.807) is 29.9 Å². The van der Waals surface area contributed by atoms with Gasteiger partial charge in [0.25, 0.3) is 0 Å². The van der Waals surface area contributed by atoms with Crippen LogP contribution in [-0.2, 0) is 23.1 Å². The second-order valence-corrected chi connectivity index (χ2v) is 22.5. The minimum atomic E-state index is -0.698. The van der Waals surface area contributed by atoms with E-state index in [1.807, 2.05) is 13.0 Å². The van der Waals surface area contributed by atoms with Crippen LogP contribution in [-0.4, -0.2) is 134 Å². The zero-order valence-corrected chi connectivity index (χ0v) is 41.6. The summed E-state index contributed by atoms with van der Waals surface area (Å²) in [7, 11) is 1.74. The SMILES string of the molecule is CCc1c(F)ccc2cc(O)cc(-c3ncc4c(N5CC6CCC(C5)N6)nc(OCC5(CN6CCC7(CC6)CC(N6CCN(c8ccc9c(c8)n(C)c(=O)n9C8CCC(=O)NC8=O)CC6)C7)CC5)nc4c3F)c12. The van der Waals surface area contributed by atoms with E-state index in [0.29, 0.717) is 81.6 Å². The summed E-state index contributed by atoms with van der Waals surface area (Å²) in [5.41, 5.74) is 3.53. The van der Waals surface area contributed by atoms with Gasteiger partial charge in [0.05, 0.1) is 23.0 Å². The number of nitrogens with one attached hydrogen (secondary N) is 2. The van der Waals surface area contributed by atoms with Crippen molar-refractivity contribution in [1.82, 2.24) is 44.5 Å². The van der Waals surface area contributed by atoms with E-state index in [-0.39, 0.29) is 52.2 Å². The number of halogens is 2. The van der Waals surface area contributed by atoms with E-state index in [1.165, 1.54) is 42.4 Å². The number of phenolic OH excluding ortho intramolecular Hbond substituents is 1. The van der Waals surface area contributed by atoms with Crippen molar-refractivity contribution in [3.63, 3.8) is 0 Å². The van der Waals surface area contributed by atoms with Crippen LogP contribution in [0.15, 0.2) is 53.5 Å². The van der Waals surface area contributed by atoms with Gasteiger partial charge in [-0.1, -0.05) is 13.0 Å². The van der Waals surface area contributed by atoms with Gasteiger partial charge in [-0.05, 0) is 135 Å². The number of fused-ring (bicyclic) bond motifs is 5. The first-order valence-corrected chi connectivity index (χ1v) is 26.5. The molecule has 2 amide bonds. The number of ether oxygens (including phenoxy) is 1. The first-order chi connectivity index (χ1) is 35.3. The average Bonchev–Trinajstić information content (AvgIpc) is 4.00. The minimum Gasteiger partial charge on any atom is -0.508 e. The molecule has 3 atom stereocenters. The number of aromatic hydroxyl groups is 1. The van der Waals surface area contributed by atoms with Gasteiger partial charge < -0.3 is 29.9 Å². The molecule has 13 rings (SSSR count). The van der Waals surface area contributed by atoms with E-state index in [0.717, 1.165) is 95.8 Å². The molecular weight excluding hydrogens is 933 g/mol. The molecule has 6 aromatic rings. The predicted octanol–water partition coefficient (Wildman–Crippen LogP) is 6.19. The fourth-order valence-electron chi connectivity index (χ4n) is 13.6. The van der Waals surface area contributed by atoms with Gasteiger partial charge in [-0.2, -0.15) is 9.97 Å². The number of piperazine rings is 2. The molecule has 382 valence electrons. The molecular formula is C55H63F2N11O5. The van der Waals surface area contributed by atoms with Gasteiger partial charge in [-0.25, -0.2) is 13.6 Å². The molecule has 2 aliphatic carbocycles. The molecule has 8 heterocycles. The Morgan fingerprint density at radius 1 is 0.863 bits per heavy atom. The Kier molecular flexibility index (Phi) is 11.3. The number of likely N-dealkylation sites (tertiary alicyclic amines) is 1. The molecule has 3 N–H and O–H groups in total. The van der Waals surface area contributed by atoms with Crippen LogP contribution >= 0.6 is 0 Å². The number of carbonyl (C=O) groups is 2. The number of rotatable bonds is 11. The molecule has 7 fully saturated rings. The molecule has 2 saturated carbocycles. The third-order valence-electron chi connectivity index (χ3n) is 18.0. The van der Waals surface area contributed by atoms with Crippen molar-refractivity contribution < 1.29 is 28.2 Å². The van der Waals surface area contributed by atoms with Crippen LogP contribution in [0.2, 0.25) is 0 Å². The normalized spacial score (nSPS) is 24.2. The zero-order valence-electron chi connectivity index (χ0n) is 41.6. The summed E-state index contributed by atoms with van der Waals surface area (Å²) in [5, 5.41) is 18.5. The first-order valence-electron chi connectivity index (χ1n) is 26.5. The fourth-order valence-corrected chi connectivity index (χ4v) is 13.6. The molecule has 3 aromatic carbocycles. The molecule has 1 spiro atoms. The van der Waals surface area contributed by atoms with Gasteiger partial charge >= 0.3 is 11.7 Å². The quantitative estimate of drug-likeness (QED) is 0.126. The lowest BCUT2D eigenvalue weighted by Crippen LogP contribution is -2.59. The van der Waals surface area contributed by atoms with Crippen molar-refractivity contribution in [2.45, 2.75) is 102 Å². The lowest BCUT2D eigenvalue weighted by atomic mass is 9.60. The number of phenols is 1. The summed E-state index contributed by atoms with van der Waals surface area (Å²) in [6, 6.07) is 12.7. The Labute approximate surface area is 421 Å². The number of imide groups is 1. The van der Waals surface area contributed by atoms with E-state index in [9.17, 15) is 19.5 Å². The maximum Gasteiger partial charge on any atom is 0.329 e. The second kappa shape index (κ2) is 17.7. The number of hydrogen-bond donors (Lipinski definition) is 3. The number of aromatic nitrogens is 5. The third-order valence-corrected chi connectivity index (χ3v) is 18.0. The molecule has 5 aliphatic heterocycles. The summed E-state index contributed by atoms with van der Waals surface area (Å²) in [4.78, 5) is 62.2. The van der Waals surface area contributed by atoms with Crippen LogP contribution in [0.5, 0.6) is 11.8 Å². The minimum absolute atomic E-state index is 0.00462. The van der Waals surface area contributed by atoms with Crippen LogP contribution < -0.4 is 30.9 Å². The monoisotopic (exact) mass is 995 g/mol. The molecule has 7 aliphatic rings. The molecule has 3 unspecified atom stereocenters. The summed E-state index contributed by atoms with van der Waals surface area (Å²) in [6.07, 6.45) is 11.6. The predicted molar refractivity (Wildman–Crippen MR) is 274 cm³/mol. The van der Waals surface area contributed by atoms with Gasteiger partial charge in [0, 0.05) is 100 Å². The Hall–Kier alpha value is -6.24. The second-order valence-electron chi connectivity index (χ2n) is 22.5. The highest BCUT2D eigenvalue weighted by atomic mass is 19.1. The average molecular weight is 996 g/mol. The van der Waals surface area contributed by atoms with Crippen LogP contribution in [0.4, 0.5) is 20.3 Å². The maximum atomic E-state index is 17.2. The largest absolute Gasteiger partial charge is 0.508 e. The first kappa shape index (κ1) is 46.5. The van der Waals surface area contributed by atoms with Crippen molar-refractivity contribution >= 4 is 56.0 Å². The number of piperidine rings is 2. The van der Waals surface area contributed by atoms with Crippen LogP contribution in [0.25, 0.3) is 44.0 Å². The Morgan fingerprint density at radius 2 is 1.63 bits per heavy atom. The summed E-state index contributed by atoms with van der Waals surface area (Å²) in [5.74, 6) is -1.22. The highest BCUT2D eigenvalue weighted by Gasteiger charge is 2.51. The van der Waals surface area contributed by atoms with Gasteiger partial charge in [0.1, 0.15) is 34.6 Å². The topological polar surface area (TPSA) is 166 Å². The number of imidazole rings is 1. The van der Waals surface area contributed by atoms with Gasteiger partial charge in [0.15, 0.2) is 5.82 Å². The van der Waals surface area contributed by atoms with Gasteiger partial charge in [0.2, 0.25) is 11.8 Å². The Bertz CT molecular complexity index is 3270. The number of benzene rings is 3. The maximum absolute atomic E-state index is 17.2. The summed E-state index contributed by atoms with van der Waals surface area (Å²) in [6.45, 7) is 10.6. The molecule has 73 heavy (non-hydrogen) atoms. The number of carbonyl (C=O) groups excluding carboxylic acids is 2. The smallest absolute Gasteiger partial charge is 0.329 e. The molecule has 5 saturated heterocycles.